The molecule has 1 aliphatic heterocycles. The number of nitrogens with zero attached hydrogens (tertiary/aromatic N) is 1. The molecule has 22 heavy (non-hydrogen) atoms. The summed E-state index contributed by atoms with van der Waals surface area (Å²) in [6, 6.07) is 18.0. The van der Waals surface area contributed by atoms with Crippen LogP contribution in [0.15, 0.2) is 54.6 Å². The third kappa shape index (κ3) is 2.98. The summed E-state index contributed by atoms with van der Waals surface area (Å²) in [6.45, 7) is 1.60. The molecule has 2 aromatic carbocycles. The number of para-hydroxylation sites is 1. The summed E-state index contributed by atoms with van der Waals surface area (Å²) >= 11 is 0. The van der Waals surface area contributed by atoms with E-state index in [-0.39, 0.29) is 5.91 Å². The van der Waals surface area contributed by atoms with Gasteiger partial charge in [-0.15, -0.1) is 0 Å². The van der Waals surface area contributed by atoms with Gasteiger partial charge in [0.25, 0.3) is 5.91 Å². The fourth-order valence-electron chi connectivity index (χ4n) is 3.13. The van der Waals surface area contributed by atoms with Gasteiger partial charge in [0.2, 0.25) is 0 Å². The van der Waals surface area contributed by atoms with Gasteiger partial charge in [0.1, 0.15) is 5.75 Å². The van der Waals surface area contributed by atoms with Crippen LogP contribution in [0.1, 0.15) is 34.7 Å². The first-order chi connectivity index (χ1) is 10.8. The molecule has 3 heteroatoms. The Balaban J connectivity index is 1.67. The molecule has 2 aromatic rings. The van der Waals surface area contributed by atoms with Crippen LogP contribution in [0, 0.1) is 0 Å². The van der Waals surface area contributed by atoms with Gasteiger partial charge in [-0.2, -0.15) is 0 Å². The highest BCUT2D eigenvalue weighted by atomic mass is 16.5. The SMILES string of the molecule is COc1ccccc1C(=O)N1CCC(c2ccccc2)CC1. The first-order valence-corrected chi connectivity index (χ1v) is 7.77. The van der Waals surface area contributed by atoms with Gasteiger partial charge < -0.3 is 9.64 Å². The normalized spacial score (nSPS) is 15.6. The summed E-state index contributed by atoms with van der Waals surface area (Å²) < 4.78 is 5.30. The fraction of sp³-hybridized carbons (Fsp3) is 0.316. The Bertz CT molecular complexity index is 631. The molecule has 0 N–H and O–H groups in total. The zero-order chi connectivity index (χ0) is 15.4. The van der Waals surface area contributed by atoms with Gasteiger partial charge in [-0.25, -0.2) is 0 Å². The lowest BCUT2D eigenvalue weighted by Gasteiger charge is -2.32. The van der Waals surface area contributed by atoms with Crippen LogP contribution in [0.4, 0.5) is 0 Å². The molecule has 3 rings (SSSR count). The predicted molar refractivity (Wildman–Crippen MR) is 87.3 cm³/mol. The maximum Gasteiger partial charge on any atom is 0.257 e. The van der Waals surface area contributed by atoms with E-state index >= 15 is 0 Å². The van der Waals surface area contributed by atoms with E-state index in [4.69, 9.17) is 4.74 Å². The number of carbonyl (C=O) groups excluding carboxylic acids is 1. The molecule has 1 heterocycles. The number of hydrogen-bond donors (Lipinski definition) is 0. The van der Waals surface area contributed by atoms with Crippen molar-refractivity contribution < 1.29 is 9.53 Å². The molecule has 3 nitrogen and oxygen atoms in total. The molecule has 0 spiro atoms. The standard InChI is InChI=1S/C19H21NO2/c1-22-18-10-6-5-9-17(18)19(21)20-13-11-16(12-14-20)15-7-3-2-4-8-15/h2-10,16H,11-14H2,1H3. The minimum absolute atomic E-state index is 0.0731. The van der Waals surface area contributed by atoms with Gasteiger partial charge >= 0.3 is 0 Å². The zero-order valence-electron chi connectivity index (χ0n) is 12.9. The van der Waals surface area contributed by atoms with Crippen LogP contribution in [-0.2, 0) is 0 Å². The molecule has 114 valence electrons. The first-order valence-electron chi connectivity index (χ1n) is 7.77. The van der Waals surface area contributed by atoms with E-state index in [2.05, 4.69) is 24.3 Å². The van der Waals surface area contributed by atoms with Crippen LogP contribution in [-0.4, -0.2) is 31.0 Å². The van der Waals surface area contributed by atoms with Crippen molar-refractivity contribution in [2.75, 3.05) is 20.2 Å². The summed E-state index contributed by atoms with van der Waals surface area (Å²) in [7, 11) is 1.60. The Morgan fingerprint density at radius 3 is 2.32 bits per heavy atom. The molecule has 0 aromatic heterocycles. The van der Waals surface area contributed by atoms with Gasteiger partial charge in [-0.3, -0.25) is 4.79 Å². The highest BCUT2D eigenvalue weighted by Crippen LogP contribution is 2.29. The average molecular weight is 295 g/mol. The van der Waals surface area contributed by atoms with E-state index < -0.39 is 0 Å². The van der Waals surface area contributed by atoms with Crippen LogP contribution in [0.2, 0.25) is 0 Å². The summed E-state index contributed by atoms with van der Waals surface area (Å²) in [5, 5.41) is 0. The van der Waals surface area contributed by atoms with Gasteiger partial charge in [0.05, 0.1) is 12.7 Å². The van der Waals surface area contributed by atoms with Crippen LogP contribution in [0.25, 0.3) is 0 Å². The third-order valence-electron chi connectivity index (χ3n) is 4.39. The quantitative estimate of drug-likeness (QED) is 0.864. The number of likely N-dealkylation sites (tertiary alicyclic amines) is 1. The molecular weight excluding hydrogens is 274 g/mol. The minimum Gasteiger partial charge on any atom is -0.496 e. The van der Waals surface area contributed by atoms with Crippen molar-refractivity contribution >= 4 is 5.91 Å². The van der Waals surface area contributed by atoms with Crippen molar-refractivity contribution in [2.45, 2.75) is 18.8 Å². The van der Waals surface area contributed by atoms with Crippen LogP contribution in [0.3, 0.4) is 0 Å². The fourth-order valence-corrected chi connectivity index (χ4v) is 3.13. The van der Waals surface area contributed by atoms with Crippen LogP contribution >= 0.6 is 0 Å². The molecule has 0 saturated carbocycles. The molecule has 1 aliphatic rings. The molecule has 0 unspecified atom stereocenters. The smallest absolute Gasteiger partial charge is 0.257 e. The van der Waals surface area contributed by atoms with Crippen LogP contribution in [0.5, 0.6) is 5.75 Å². The Labute approximate surface area is 131 Å². The topological polar surface area (TPSA) is 29.5 Å². The number of hydrogen-bond acceptors (Lipinski definition) is 2. The average Bonchev–Trinajstić information content (AvgIpc) is 2.62. The molecule has 1 amide bonds. The molecule has 1 fully saturated rings. The van der Waals surface area contributed by atoms with Gasteiger partial charge in [0, 0.05) is 13.1 Å². The second-order valence-corrected chi connectivity index (χ2v) is 5.68. The van der Waals surface area contributed by atoms with Gasteiger partial charge in [-0.05, 0) is 36.5 Å². The maximum atomic E-state index is 12.7. The highest BCUT2D eigenvalue weighted by molar-refractivity contribution is 5.97. The monoisotopic (exact) mass is 295 g/mol. The number of carbonyl (C=O) groups is 1. The number of ether oxygens (including phenoxy) is 1. The van der Waals surface area contributed by atoms with Crippen LogP contribution < -0.4 is 4.74 Å². The molecule has 0 radical (unpaired) electrons. The maximum absolute atomic E-state index is 12.7. The largest absolute Gasteiger partial charge is 0.496 e. The number of benzene rings is 2. The molecule has 1 saturated heterocycles. The van der Waals surface area contributed by atoms with Crippen molar-refractivity contribution in [1.29, 1.82) is 0 Å². The number of rotatable bonds is 3. The molecule has 0 atom stereocenters. The van der Waals surface area contributed by atoms with Crippen molar-refractivity contribution in [1.82, 2.24) is 4.90 Å². The Morgan fingerprint density at radius 1 is 1.00 bits per heavy atom. The summed E-state index contributed by atoms with van der Waals surface area (Å²) in [6.07, 6.45) is 2.04. The highest BCUT2D eigenvalue weighted by Gasteiger charge is 2.25. The van der Waals surface area contributed by atoms with Crippen molar-refractivity contribution in [2.24, 2.45) is 0 Å². The Kier molecular flexibility index (Phi) is 4.42. The lowest BCUT2D eigenvalue weighted by atomic mass is 9.89. The number of amides is 1. The summed E-state index contributed by atoms with van der Waals surface area (Å²) in [5.41, 5.74) is 2.04. The molecular formula is C19H21NO2. The van der Waals surface area contributed by atoms with E-state index in [0.717, 1.165) is 25.9 Å². The van der Waals surface area contributed by atoms with E-state index in [1.165, 1.54) is 5.56 Å². The predicted octanol–water partition coefficient (Wildman–Crippen LogP) is 3.72. The van der Waals surface area contributed by atoms with Crippen molar-refractivity contribution in [3.05, 3.63) is 65.7 Å². The van der Waals surface area contributed by atoms with E-state index in [0.29, 0.717) is 17.2 Å². The Morgan fingerprint density at radius 2 is 1.64 bits per heavy atom. The summed E-state index contributed by atoms with van der Waals surface area (Å²) in [5.74, 6) is 1.28. The minimum atomic E-state index is 0.0731. The number of methoxy groups -OCH3 is 1. The second-order valence-electron chi connectivity index (χ2n) is 5.68. The molecule has 0 aliphatic carbocycles. The van der Waals surface area contributed by atoms with E-state index in [1.54, 1.807) is 7.11 Å². The van der Waals surface area contributed by atoms with Crippen molar-refractivity contribution in [3.63, 3.8) is 0 Å². The van der Waals surface area contributed by atoms with E-state index in [1.807, 2.05) is 35.2 Å². The lowest BCUT2D eigenvalue weighted by molar-refractivity contribution is 0.0709. The summed E-state index contributed by atoms with van der Waals surface area (Å²) in [4.78, 5) is 14.6. The Hall–Kier alpha value is -2.29. The zero-order valence-corrected chi connectivity index (χ0v) is 12.9. The van der Waals surface area contributed by atoms with E-state index in [9.17, 15) is 4.79 Å². The van der Waals surface area contributed by atoms with Gasteiger partial charge in [0.15, 0.2) is 0 Å². The first kappa shape index (κ1) is 14.6. The molecule has 0 bridgehead atoms. The van der Waals surface area contributed by atoms with Crippen molar-refractivity contribution in [3.8, 4) is 5.75 Å². The third-order valence-corrected chi connectivity index (χ3v) is 4.39. The van der Waals surface area contributed by atoms with Gasteiger partial charge in [-0.1, -0.05) is 42.5 Å². The second kappa shape index (κ2) is 6.65. The number of piperidine rings is 1. The lowest BCUT2D eigenvalue weighted by Crippen LogP contribution is -2.38.